The van der Waals surface area contributed by atoms with E-state index in [0.29, 0.717) is 24.9 Å². The molecule has 5 fully saturated rings. The summed E-state index contributed by atoms with van der Waals surface area (Å²) in [5.74, 6) is 0.313. The van der Waals surface area contributed by atoms with Crippen LogP contribution in [0.3, 0.4) is 0 Å². The number of aliphatic hydroxyl groups is 1. The van der Waals surface area contributed by atoms with Crippen LogP contribution in [0.1, 0.15) is 80.6 Å². The van der Waals surface area contributed by atoms with Gasteiger partial charge in [-0.2, -0.15) is 0 Å². The highest BCUT2D eigenvalue weighted by atomic mass is 16.6. The third kappa shape index (κ3) is 3.72. The van der Waals surface area contributed by atoms with Crippen LogP contribution in [0.15, 0.2) is 23.3 Å². The molecular weight excluding hydrogens is 508 g/mol. The van der Waals surface area contributed by atoms with E-state index in [-0.39, 0.29) is 29.2 Å². The molecule has 7 nitrogen and oxygen atoms in total. The average molecular weight is 557 g/mol. The first-order chi connectivity index (χ1) is 18.8. The fraction of sp³-hybridized carbons (Fsp3) is 0.818. The molecule has 1 N–H and O–H groups in total. The van der Waals surface area contributed by atoms with Crippen molar-refractivity contribution >= 4 is 11.9 Å². The van der Waals surface area contributed by atoms with E-state index in [1.54, 1.807) is 6.08 Å². The largest absolute Gasteiger partial charge is 0.462 e. The number of allylic oxidation sites excluding steroid dienone is 2. The van der Waals surface area contributed by atoms with Crippen LogP contribution in [0.2, 0.25) is 0 Å². The highest BCUT2D eigenvalue weighted by Gasteiger charge is 2.77. The maximum Gasteiger partial charge on any atom is 0.330 e. The van der Waals surface area contributed by atoms with E-state index >= 15 is 0 Å². The molecule has 4 aliphatic carbocycles. The summed E-state index contributed by atoms with van der Waals surface area (Å²) in [6.07, 6.45) is 6.46. The SMILES string of the molecule is CC(=O)O[C@@H]1C[C@H](OC(=O)C=C(C)C)[C@@]2(C)[C@H]3[C@@H](OC[C@]13C)[C@@H](O)[C@@]1(C)C3=CC[C@@H]([C@@H]4CCOC4)[C@]3(C)CC[C@@H]12. The lowest BCUT2D eigenvalue weighted by atomic mass is 9.36. The fourth-order valence-electron chi connectivity index (χ4n) is 11.1. The number of carbonyl (C=O) groups is 2. The molecule has 2 heterocycles. The normalized spacial score (nSPS) is 50.8. The minimum atomic E-state index is -0.702. The first-order valence-corrected chi connectivity index (χ1v) is 15.4. The molecule has 6 aliphatic rings. The standard InChI is InChI=1S/C33H48O7/c1-18(2)14-26(35)40-25-15-24(39-19(3)34)31(5)17-38-27-28(31)33(25,7)23-10-12-30(4)21(20-11-13-37-16-20)8-9-22(30)32(23,6)29(27)36/h9,14,20-21,23-25,27-29,36H,8,10-13,15-17H2,1-7H3/t20-,21+,23+,24-,25+,27-,28+,29-,30+,31-,32+,33+/m1/s1. The molecule has 7 heteroatoms. The van der Waals surface area contributed by atoms with Crippen LogP contribution < -0.4 is 0 Å². The summed E-state index contributed by atoms with van der Waals surface area (Å²) in [5, 5.41) is 12.4. The van der Waals surface area contributed by atoms with Gasteiger partial charge in [0.25, 0.3) is 0 Å². The number of esters is 2. The van der Waals surface area contributed by atoms with Crippen LogP contribution in [0.25, 0.3) is 0 Å². The molecule has 0 aromatic carbocycles. The van der Waals surface area contributed by atoms with Gasteiger partial charge in [0, 0.05) is 54.8 Å². The lowest BCUT2D eigenvalue weighted by Crippen LogP contribution is -2.73. The summed E-state index contributed by atoms with van der Waals surface area (Å²) in [5.41, 5.74) is 0.777. The summed E-state index contributed by atoms with van der Waals surface area (Å²) >= 11 is 0. The van der Waals surface area contributed by atoms with Gasteiger partial charge in [0.05, 0.1) is 18.8 Å². The van der Waals surface area contributed by atoms with Gasteiger partial charge in [0.2, 0.25) is 0 Å². The third-order valence-corrected chi connectivity index (χ3v) is 12.6. The quantitative estimate of drug-likeness (QED) is 0.296. The lowest BCUT2D eigenvalue weighted by Gasteiger charge is -2.69. The molecule has 0 unspecified atom stereocenters. The van der Waals surface area contributed by atoms with Gasteiger partial charge in [0.15, 0.2) is 0 Å². The van der Waals surface area contributed by atoms with Crippen LogP contribution in [0, 0.1) is 45.3 Å². The fourth-order valence-corrected chi connectivity index (χ4v) is 11.1. The summed E-state index contributed by atoms with van der Waals surface area (Å²) in [6.45, 7) is 16.4. The predicted molar refractivity (Wildman–Crippen MR) is 149 cm³/mol. The van der Waals surface area contributed by atoms with E-state index in [1.165, 1.54) is 12.5 Å². The van der Waals surface area contributed by atoms with Crippen LogP contribution in [0.5, 0.6) is 0 Å². The lowest BCUT2D eigenvalue weighted by molar-refractivity contribution is -0.263. The molecule has 40 heavy (non-hydrogen) atoms. The molecule has 0 aromatic heterocycles. The monoisotopic (exact) mass is 556 g/mol. The Morgan fingerprint density at radius 2 is 1.82 bits per heavy atom. The van der Waals surface area contributed by atoms with Crippen LogP contribution in [-0.4, -0.2) is 61.3 Å². The van der Waals surface area contributed by atoms with Gasteiger partial charge >= 0.3 is 11.9 Å². The Bertz CT molecular complexity index is 1130. The summed E-state index contributed by atoms with van der Waals surface area (Å²) in [7, 11) is 0. The molecule has 222 valence electrons. The second-order valence-corrected chi connectivity index (χ2v) is 14.9. The summed E-state index contributed by atoms with van der Waals surface area (Å²) < 4.78 is 24.7. The zero-order valence-electron chi connectivity index (χ0n) is 25.3. The molecule has 0 bridgehead atoms. The van der Waals surface area contributed by atoms with Crippen molar-refractivity contribution in [2.24, 2.45) is 45.3 Å². The molecule has 6 rings (SSSR count). The Morgan fingerprint density at radius 1 is 1.07 bits per heavy atom. The van der Waals surface area contributed by atoms with Crippen molar-refractivity contribution in [3.8, 4) is 0 Å². The Balaban J connectivity index is 1.45. The van der Waals surface area contributed by atoms with Crippen LogP contribution in [0.4, 0.5) is 0 Å². The zero-order valence-corrected chi connectivity index (χ0v) is 25.3. The first kappa shape index (κ1) is 28.4. The van der Waals surface area contributed by atoms with E-state index in [4.69, 9.17) is 18.9 Å². The number of aliphatic hydroxyl groups excluding tert-OH is 1. The van der Waals surface area contributed by atoms with E-state index in [2.05, 4.69) is 33.8 Å². The minimum absolute atomic E-state index is 0.00111. The molecule has 2 saturated heterocycles. The zero-order chi connectivity index (χ0) is 28.8. The molecule has 0 amide bonds. The molecule has 0 spiro atoms. The number of rotatable bonds is 4. The van der Waals surface area contributed by atoms with Gasteiger partial charge in [0.1, 0.15) is 12.2 Å². The Hall–Kier alpha value is -1.70. The van der Waals surface area contributed by atoms with Crippen molar-refractivity contribution < 1.29 is 33.6 Å². The highest BCUT2D eigenvalue weighted by Crippen LogP contribution is 2.75. The van der Waals surface area contributed by atoms with E-state index < -0.39 is 40.7 Å². The van der Waals surface area contributed by atoms with E-state index in [0.717, 1.165) is 44.5 Å². The van der Waals surface area contributed by atoms with E-state index in [9.17, 15) is 14.7 Å². The summed E-state index contributed by atoms with van der Waals surface area (Å²) in [6, 6.07) is 0. The topological polar surface area (TPSA) is 91.3 Å². The van der Waals surface area contributed by atoms with Gasteiger partial charge in [-0.25, -0.2) is 4.79 Å². The number of ether oxygens (including phenoxy) is 4. The van der Waals surface area contributed by atoms with Gasteiger partial charge in [-0.1, -0.05) is 44.9 Å². The predicted octanol–water partition coefficient (Wildman–Crippen LogP) is 5.01. The van der Waals surface area contributed by atoms with Gasteiger partial charge in [-0.15, -0.1) is 0 Å². The Kier molecular flexibility index (Phi) is 6.68. The molecular formula is C33H48O7. The van der Waals surface area contributed by atoms with Gasteiger partial charge < -0.3 is 24.1 Å². The average Bonchev–Trinajstić information content (AvgIpc) is 3.58. The number of fused-ring (bicyclic) bond motifs is 4. The number of hydrogen-bond donors (Lipinski definition) is 1. The van der Waals surface area contributed by atoms with Crippen molar-refractivity contribution in [3.05, 3.63) is 23.3 Å². The van der Waals surface area contributed by atoms with Gasteiger partial charge in [-0.05, 0) is 62.7 Å². The van der Waals surface area contributed by atoms with Gasteiger partial charge in [-0.3, -0.25) is 4.79 Å². The molecule has 0 aromatic rings. The molecule has 0 radical (unpaired) electrons. The van der Waals surface area contributed by atoms with E-state index in [1.807, 2.05) is 13.8 Å². The second-order valence-electron chi connectivity index (χ2n) is 14.9. The Labute approximate surface area is 239 Å². The van der Waals surface area contributed by atoms with Crippen molar-refractivity contribution in [3.63, 3.8) is 0 Å². The van der Waals surface area contributed by atoms with Crippen molar-refractivity contribution in [1.82, 2.24) is 0 Å². The van der Waals surface area contributed by atoms with Crippen molar-refractivity contribution in [2.45, 2.75) is 105 Å². The minimum Gasteiger partial charge on any atom is -0.462 e. The van der Waals surface area contributed by atoms with Crippen molar-refractivity contribution in [1.29, 1.82) is 0 Å². The molecule has 3 saturated carbocycles. The number of carbonyl (C=O) groups excluding carboxylic acids is 2. The van der Waals surface area contributed by atoms with Crippen molar-refractivity contribution in [2.75, 3.05) is 19.8 Å². The third-order valence-electron chi connectivity index (χ3n) is 12.6. The number of hydrogen-bond acceptors (Lipinski definition) is 7. The summed E-state index contributed by atoms with van der Waals surface area (Å²) in [4.78, 5) is 25.4. The molecule has 12 atom stereocenters. The first-order valence-electron chi connectivity index (χ1n) is 15.4. The second kappa shape index (κ2) is 9.40. The maximum absolute atomic E-state index is 13.1. The van der Waals surface area contributed by atoms with Crippen LogP contribution >= 0.6 is 0 Å². The maximum atomic E-state index is 13.1. The smallest absolute Gasteiger partial charge is 0.330 e. The Morgan fingerprint density at radius 3 is 2.48 bits per heavy atom. The van der Waals surface area contributed by atoms with Crippen LogP contribution in [-0.2, 0) is 28.5 Å². The highest BCUT2D eigenvalue weighted by molar-refractivity contribution is 5.82. The molecule has 2 aliphatic heterocycles.